The second kappa shape index (κ2) is 3.73. The first-order chi connectivity index (χ1) is 8.63. The molecule has 0 aromatic carbocycles. The van der Waals surface area contributed by atoms with E-state index in [-0.39, 0.29) is 17.7 Å². The number of esters is 1. The molecule has 1 atom stereocenters. The number of fused-ring (bicyclic) bond motifs is 3. The van der Waals surface area contributed by atoms with Crippen molar-refractivity contribution in [2.24, 2.45) is 0 Å². The van der Waals surface area contributed by atoms with Gasteiger partial charge in [-0.15, -0.1) is 0 Å². The number of hydrogen-bond donors (Lipinski definition) is 2. The summed E-state index contributed by atoms with van der Waals surface area (Å²) in [6.45, 7) is 2.62. The Morgan fingerprint density at radius 1 is 1.50 bits per heavy atom. The fourth-order valence-corrected chi connectivity index (χ4v) is 2.86. The summed E-state index contributed by atoms with van der Waals surface area (Å²) in [7, 11) is 1.36. The summed E-state index contributed by atoms with van der Waals surface area (Å²) in [6, 6.07) is 0. The van der Waals surface area contributed by atoms with Crippen LogP contribution in [0.4, 0.5) is 0 Å². The maximum absolute atomic E-state index is 12.0. The van der Waals surface area contributed by atoms with Gasteiger partial charge in [-0.25, -0.2) is 4.79 Å². The van der Waals surface area contributed by atoms with Crippen molar-refractivity contribution in [2.45, 2.75) is 19.3 Å². The van der Waals surface area contributed by atoms with Crippen molar-refractivity contribution in [3.63, 3.8) is 0 Å². The van der Waals surface area contributed by atoms with E-state index < -0.39 is 0 Å². The highest BCUT2D eigenvalue weighted by atomic mass is 16.5. The summed E-state index contributed by atoms with van der Waals surface area (Å²) < 4.78 is 4.82. The molecule has 0 radical (unpaired) electrons. The number of allylic oxidation sites excluding steroid dienone is 2. The smallest absolute Gasteiger partial charge is 0.340 e. The molecule has 18 heavy (non-hydrogen) atoms. The fraction of sp³-hybridized carbons (Fsp3) is 0.385. The van der Waals surface area contributed by atoms with Crippen LogP contribution in [0.2, 0.25) is 0 Å². The third-order valence-electron chi connectivity index (χ3n) is 3.63. The van der Waals surface area contributed by atoms with Gasteiger partial charge in [-0.3, -0.25) is 4.79 Å². The molecule has 1 aromatic rings. The van der Waals surface area contributed by atoms with Gasteiger partial charge >= 0.3 is 5.97 Å². The molecule has 2 aliphatic rings. The Kier molecular flexibility index (Phi) is 2.29. The number of hydrogen-bond acceptors (Lipinski definition) is 4. The topological polar surface area (TPSA) is 71.2 Å². The predicted molar refractivity (Wildman–Crippen MR) is 64.6 cm³/mol. The van der Waals surface area contributed by atoms with Gasteiger partial charge in [-0.2, -0.15) is 0 Å². The van der Waals surface area contributed by atoms with E-state index in [0.717, 1.165) is 24.2 Å². The zero-order chi connectivity index (χ0) is 12.9. The van der Waals surface area contributed by atoms with E-state index in [1.807, 2.05) is 0 Å². The SMILES string of the molecule is COC(=O)c1c(C)[nH]c2c1C1CCNC1=CC2=O. The number of carbonyl (C=O) groups excluding carboxylic acids is 2. The molecule has 2 N–H and O–H groups in total. The third kappa shape index (κ3) is 1.33. The molecule has 1 fully saturated rings. The number of ether oxygens (including phenoxy) is 1. The Balaban J connectivity index is 2.22. The summed E-state index contributed by atoms with van der Waals surface area (Å²) >= 11 is 0. The molecule has 2 heterocycles. The number of aryl methyl sites for hydroxylation is 1. The van der Waals surface area contributed by atoms with Crippen LogP contribution in [-0.4, -0.2) is 30.4 Å². The molecule has 0 amide bonds. The number of nitrogens with one attached hydrogen (secondary N) is 2. The molecule has 5 nitrogen and oxygen atoms in total. The first kappa shape index (κ1) is 11.1. The van der Waals surface area contributed by atoms with Crippen molar-refractivity contribution in [3.05, 3.63) is 34.3 Å². The minimum atomic E-state index is -0.383. The summed E-state index contributed by atoms with van der Waals surface area (Å²) in [5.74, 6) is -0.355. The Labute approximate surface area is 104 Å². The molecule has 94 valence electrons. The summed E-state index contributed by atoms with van der Waals surface area (Å²) in [6.07, 6.45) is 2.52. The van der Waals surface area contributed by atoms with Crippen LogP contribution in [-0.2, 0) is 4.74 Å². The molecular formula is C13H14N2O3. The minimum Gasteiger partial charge on any atom is -0.465 e. The van der Waals surface area contributed by atoms with E-state index in [1.165, 1.54) is 7.11 Å². The van der Waals surface area contributed by atoms with Crippen molar-refractivity contribution in [1.29, 1.82) is 0 Å². The molecule has 3 rings (SSSR count). The number of aromatic nitrogens is 1. The first-order valence-electron chi connectivity index (χ1n) is 5.94. The van der Waals surface area contributed by atoms with Crippen LogP contribution in [0.1, 0.15) is 44.4 Å². The van der Waals surface area contributed by atoms with Gasteiger partial charge in [0.2, 0.25) is 5.78 Å². The highest BCUT2D eigenvalue weighted by Gasteiger charge is 2.37. The van der Waals surface area contributed by atoms with E-state index in [2.05, 4.69) is 10.3 Å². The number of ketones is 1. The normalized spacial score (nSPS) is 20.9. The van der Waals surface area contributed by atoms with Crippen LogP contribution in [0.15, 0.2) is 11.8 Å². The standard InChI is InChI=1S/C13H14N2O3/c1-6-10(13(17)18-2)11-7-3-4-14-8(7)5-9(16)12(11)15-6/h5,7,14-15H,3-4H2,1-2H3. The average Bonchev–Trinajstić information content (AvgIpc) is 2.92. The van der Waals surface area contributed by atoms with Gasteiger partial charge in [-0.05, 0) is 13.3 Å². The summed E-state index contributed by atoms with van der Waals surface area (Å²) in [5.41, 5.74) is 3.45. The number of aromatic amines is 1. The van der Waals surface area contributed by atoms with Crippen LogP contribution in [0.25, 0.3) is 0 Å². The lowest BCUT2D eigenvalue weighted by molar-refractivity contribution is 0.0598. The number of H-pyrrole nitrogens is 1. The van der Waals surface area contributed by atoms with Gasteiger partial charge in [0.15, 0.2) is 0 Å². The molecule has 0 bridgehead atoms. The molecule has 1 saturated heterocycles. The predicted octanol–water partition coefficient (Wildman–Crippen LogP) is 1.27. The quantitative estimate of drug-likeness (QED) is 0.732. The Hall–Kier alpha value is -2.04. The van der Waals surface area contributed by atoms with E-state index in [1.54, 1.807) is 13.0 Å². The lowest BCUT2D eigenvalue weighted by Gasteiger charge is -2.18. The van der Waals surface area contributed by atoms with E-state index >= 15 is 0 Å². The molecule has 0 saturated carbocycles. The van der Waals surface area contributed by atoms with Crippen LogP contribution in [0.3, 0.4) is 0 Å². The van der Waals surface area contributed by atoms with E-state index in [9.17, 15) is 9.59 Å². The second-order valence-electron chi connectivity index (χ2n) is 4.64. The molecule has 5 heteroatoms. The monoisotopic (exact) mass is 246 g/mol. The van der Waals surface area contributed by atoms with Crippen molar-refractivity contribution in [3.8, 4) is 0 Å². The maximum Gasteiger partial charge on any atom is 0.340 e. The minimum absolute atomic E-state index is 0.0797. The van der Waals surface area contributed by atoms with Crippen LogP contribution >= 0.6 is 0 Å². The molecule has 1 aromatic heterocycles. The van der Waals surface area contributed by atoms with Gasteiger partial charge in [0.25, 0.3) is 0 Å². The highest BCUT2D eigenvalue weighted by Crippen LogP contribution is 2.40. The lowest BCUT2D eigenvalue weighted by Crippen LogP contribution is -2.18. The zero-order valence-corrected chi connectivity index (χ0v) is 10.3. The highest BCUT2D eigenvalue weighted by molar-refractivity contribution is 6.09. The Morgan fingerprint density at radius 2 is 2.28 bits per heavy atom. The number of carbonyl (C=O) groups is 2. The molecule has 0 spiro atoms. The second-order valence-corrected chi connectivity index (χ2v) is 4.64. The lowest BCUT2D eigenvalue weighted by atomic mass is 9.86. The van der Waals surface area contributed by atoms with Crippen LogP contribution < -0.4 is 5.32 Å². The zero-order valence-electron chi connectivity index (χ0n) is 10.3. The van der Waals surface area contributed by atoms with E-state index in [4.69, 9.17) is 4.74 Å². The van der Waals surface area contributed by atoms with Crippen LogP contribution in [0, 0.1) is 6.92 Å². The van der Waals surface area contributed by atoms with Crippen molar-refractivity contribution >= 4 is 11.8 Å². The van der Waals surface area contributed by atoms with Gasteiger partial charge in [0.1, 0.15) is 0 Å². The maximum atomic E-state index is 12.0. The Morgan fingerprint density at radius 3 is 3.00 bits per heavy atom. The van der Waals surface area contributed by atoms with Crippen LogP contribution in [0.5, 0.6) is 0 Å². The van der Waals surface area contributed by atoms with E-state index in [0.29, 0.717) is 17.0 Å². The summed E-state index contributed by atoms with van der Waals surface area (Å²) in [4.78, 5) is 26.9. The van der Waals surface area contributed by atoms with Gasteiger partial charge < -0.3 is 15.0 Å². The van der Waals surface area contributed by atoms with Gasteiger partial charge in [0.05, 0.1) is 18.4 Å². The van der Waals surface area contributed by atoms with Crippen molar-refractivity contribution < 1.29 is 14.3 Å². The largest absolute Gasteiger partial charge is 0.465 e. The average molecular weight is 246 g/mol. The Bertz CT molecular complexity index is 583. The third-order valence-corrected chi connectivity index (χ3v) is 3.63. The number of methoxy groups -OCH3 is 1. The van der Waals surface area contributed by atoms with Gasteiger partial charge in [-0.1, -0.05) is 0 Å². The number of rotatable bonds is 1. The molecule has 1 aliphatic heterocycles. The molecule has 1 aliphatic carbocycles. The molecular weight excluding hydrogens is 232 g/mol. The first-order valence-corrected chi connectivity index (χ1v) is 5.94. The van der Waals surface area contributed by atoms with Crippen molar-refractivity contribution in [2.75, 3.05) is 13.7 Å². The summed E-state index contributed by atoms with van der Waals surface area (Å²) in [5, 5.41) is 3.20. The van der Waals surface area contributed by atoms with Gasteiger partial charge in [0, 0.05) is 35.5 Å². The van der Waals surface area contributed by atoms with Crippen molar-refractivity contribution in [1.82, 2.24) is 10.3 Å². The molecule has 1 unspecified atom stereocenters. The fourth-order valence-electron chi connectivity index (χ4n) is 2.86.